The molecule has 22 heavy (non-hydrogen) atoms. The Bertz CT molecular complexity index is 522. The molecule has 0 spiro atoms. The Kier molecular flexibility index (Phi) is 6.78. The summed E-state index contributed by atoms with van der Waals surface area (Å²) in [6.07, 6.45) is 0.223. The zero-order valence-corrected chi connectivity index (χ0v) is 12.3. The number of carbonyl (C=O) groups excluding carboxylic acids is 1. The van der Waals surface area contributed by atoms with E-state index in [1.165, 1.54) is 18.2 Å². The maximum atomic E-state index is 13.1. The Morgan fingerprint density at radius 3 is 2.73 bits per heavy atom. The summed E-state index contributed by atoms with van der Waals surface area (Å²) in [5.41, 5.74) is -1.95. The number of benzene rings is 1. The van der Waals surface area contributed by atoms with Crippen molar-refractivity contribution in [2.45, 2.75) is 38.3 Å². The van der Waals surface area contributed by atoms with Crippen molar-refractivity contribution in [2.24, 2.45) is 0 Å². The van der Waals surface area contributed by atoms with Gasteiger partial charge < -0.3 is 14.9 Å². The van der Waals surface area contributed by atoms with Gasteiger partial charge in [-0.3, -0.25) is 5.32 Å². The van der Waals surface area contributed by atoms with Crippen molar-refractivity contribution in [2.75, 3.05) is 6.61 Å². The third kappa shape index (κ3) is 5.69. The summed E-state index contributed by atoms with van der Waals surface area (Å²) in [6.45, 7) is 2.05. The third-order valence-electron chi connectivity index (χ3n) is 3.06. The number of alkyl carbamates (subject to hydrolysis) is 1. The van der Waals surface area contributed by atoms with Crippen LogP contribution in [0, 0.1) is 5.82 Å². The highest BCUT2D eigenvalue weighted by Crippen LogP contribution is 2.14. The second-order valence-electron chi connectivity index (χ2n) is 4.91. The molecule has 0 bridgehead atoms. The molecule has 122 valence electrons. The maximum Gasteiger partial charge on any atom is 0.409 e. The van der Waals surface area contributed by atoms with Crippen LogP contribution in [0.15, 0.2) is 24.3 Å². The van der Waals surface area contributed by atoms with Gasteiger partial charge in [0.1, 0.15) is 5.82 Å². The van der Waals surface area contributed by atoms with Crippen LogP contribution in [0.4, 0.5) is 9.18 Å². The number of amides is 1. The smallest absolute Gasteiger partial charge is 0.409 e. The molecule has 0 radical (unpaired) electrons. The number of nitrogens with one attached hydrogen (secondary N) is 1. The van der Waals surface area contributed by atoms with E-state index in [0.717, 1.165) is 6.42 Å². The normalized spacial score (nSPS) is 13.2. The molecule has 3 N–H and O–H groups in total. The van der Waals surface area contributed by atoms with E-state index in [-0.39, 0.29) is 19.4 Å². The van der Waals surface area contributed by atoms with Crippen molar-refractivity contribution in [1.29, 1.82) is 0 Å². The number of carboxylic acid groups (broad SMARTS) is 1. The lowest BCUT2D eigenvalue weighted by molar-refractivity contribution is -0.162. The minimum atomic E-state index is -2.46. The molecule has 1 amide bonds. The number of aliphatic carboxylic acids is 1. The zero-order valence-electron chi connectivity index (χ0n) is 12.3. The van der Waals surface area contributed by atoms with E-state index in [2.05, 4.69) is 0 Å². The first-order valence-electron chi connectivity index (χ1n) is 7.02. The number of rotatable bonds is 8. The Morgan fingerprint density at radius 2 is 2.14 bits per heavy atom. The van der Waals surface area contributed by atoms with E-state index in [0.29, 0.717) is 12.0 Å². The number of ether oxygens (including phenoxy) is 1. The van der Waals surface area contributed by atoms with Gasteiger partial charge in [0, 0.05) is 6.42 Å². The van der Waals surface area contributed by atoms with Crippen LogP contribution in [0.5, 0.6) is 0 Å². The minimum Gasteiger partial charge on any atom is -0.478 e. The molecule has 0 aliphatic carbocycles. The van der Waals surface area contributed by atoms with E-state index in [4.69, 9.17) is 9.84 Å². The molecule has 0 aliphatic heterocycles. The van der Waals surface area contributed by atoms with Crippen LogP contribution >= 0.6 is 0 Å². The maximum absolute atomic E-state index is 13.1. The summed E-state index contributed by atoms with van der Waals surface area (Å²) in [7, 11) is 0. The van der Waals surface area contributed by atoms with E-state index in [1.54, 1.807) is 6.07 Å². The monoisotopic (exact) mass is 313 g/mol. The molecule has 0 saturated heterocycles. The molecular weight excluding hydrogens is 293 g/mol. The number of unbranched alkanes of at least 4 members (excludes halogenated alkanes) is 1. The average molecular weight is 313 g/mol. The van der Waals surface area contributed by atoms with Gasteiger partial charge >= 0.3 is 12.1 Å². The van der Waals surface area contributed by atoms with E-state index in [1.807, 2.05) is 12.2 Å². The minimum absolute atomic E-state index is 0.0792. The fourth-order valence-corrected chi connectivity index (χ4v) is 1.75. The summed E-state index contributed by atoms with van der Waals surface area (Å²) >= 11 is 0. The second kappa shape index (κ2) is 8.33. The molecule has 1 unspecified atom stereocenters. The zero-order chi connectivity index (χ0) is 16.6. The number of hydrogen-bond donors (Lipinski definition) is 3. The Morgan fingerprint density at radius 1 is 1.41 bits per heavy atom. The van der Waals surface area contributed by atoms with Crippen LogP contribution in [0.25, 0.3) is 0 Å². The Hall–Kier alpha value is -2.15. The highest BCUT2D eigenvalue weighted by atomic mass is 19.1. The van der Waals surface area contributed by atoms with E-state index >= 15 is 0 Å². The molecule has 6 nitrogen and oxygen atoms in total. The van der Waals surface area contributed by atoms with E-state index < -0.39 is 23.6 Å². The van der Waals surface area contributed by atoms with E-state index in [9.17, 15) is 19.1 Å². The van der Waals surface area contributed by atoms with Crippen molar-refractivity contribution in [1.82, 2.24) is 5.32 Å². The van der Waals surface area contributed by atoms with Gasteiger partial charge in [-0.1, -0.05) is 25.5 Å². The number of carbonyl (C=O) groups is 2. The van der Waals surface area contributed by atoms with Crippen molar-refractivity contribution >= 4 is 12.1 Å². The van der Waals surface area contributed by atoms with Gasteiger partial charge in [-0.25, -0.2) is 14.0 Å². The second-order valence-corrected chi connectivity index (χ2v) is 4.91. The lowest BCUT2D eigenvalue weighted by Crippen LogP contribution is -2.55. The van der Waals surface area contributed by atoms with Crippen molar-refractivity contribution in [3.63, 3.8) is 0 Å². The molecule has 0 heterocycles. The number of aliphatic hydroxyl groups is 1. The summed E-state index contributed by atoms with van der Waals surface area (Å²) in [5, 5.41) is 21.1. The quantitative estimate of drug-likeness (QED) is 0.504. The lowest BCUT2D eigenvalue weighted by atomic mass is 10.0. The average Bonchev–Trinajstić information content (AvgIpc) is 2.45. The third-order valence-corrected chi connectivity index (χ3v) is 3.06. The van der Waals surface area contributed by atoms with Gasteiger partial charge in [-0.05, 0) is 30.5 Å². The molecule has 0 aliphatic rings. The summed E-state index contributed by atoms with van der Waals surface area (Å²) < 4.78 is 17.8. The standard InChI is InChI=1S/C15H20FNO5/c1-2-3-9-22-14(20)17-15(21,13(18)19)8-7-11-5-4-6-12(16)10-11/h4-6,10,21H,2-3,7-9H2,1H3,(H,17,20)(H,18,19). The molecule has 1 atom stereocenters. The predicted octanol–water partition coefficient (Wildman–Crippen LogP) is 2.06. The molecule has 0 saturated carbocycles. The van der Waals surface area contributed by atoms with Gasteiger partial charge in [0.15, 0.2) is 0 Å². The highest BCUT2D eigenvalue weighted by molar-refractivity contribution is 5.82. The lowest BCUT2D eigenvalue weighted by Gasteiger charge is -2.24. The van der Waals surface area contributed by atoms with Crippen molar-refractivity contribution in [3.8, 4) is 0 Å². The predicted molar refractivity (Wildman–Crippen MR) is 76.7 cm³/mol. The molecule has 0 fully saturated rings. The van der Waals surface area contributed by atoms with Crippen LogP contribution in [-0.2, 0) is 16.0 Å². The topological polar surface area (TPSA) is 95.9 Å². The number of aryl methyl sites for hydroxylation is 1. The van der Waals surface area contributed by atoms with Gasteiger partial charge in [0.25, 0.3) is 0 Å². The Balaban J connectivity index is 2.62. The van der Waals surface area contributed by atoms with Crippen LogP contribution in [0.2, 0.25) is 0 Å². The van der Waals surface area contributed by atoms with Crippen molar-refractivity contribution in [3.05, 3.63) is 35.6 Å². The fourth-order valence-electron chi connectivity index (χ4n) is 1.75. The first-order valence-corrected chi connectivity index (χ1v) is 7.02. The largest absolute Gasteiger partial charge is 0.478 e. The SMILES string of the molecule is CCCCOC(=O)NC(O)(CCc1cccc(F)c1)C(=O)O. The number of hydrogen-bond acceptors (Lipinski definition) is 4. The number of halogens is 1. The summed E-state index contributed by atoms with van der Waals surface area (Å²) in [4.78, 5) is 22.7. The van der Waals surface area contributed by atoms with Crippen LogP contribution < -0.4 is 5.32 Å². The van der Waals surface area contributed by atoms with Crippen molar-refractivity contribution < 1.29 is 28.9 Å². The highest BCUT2D eigenvalue weighted by Gasteiger charge is 2.38. The Labute approximate surface area is 127 Å². The fraction of sp³-hybridized carbons (Fsp3) is 0.467. The summed E-state index contributed by atoms with van der Waals surface area (Å²) in [5.74, 6) is -2.06. The van der Waals surface area contributed by atoms with Crippen LogP contribution in [-0.4, -0.2) is 34.6 Å². The molecule has 0 aromatic heterocycles. The molecule has 7 heteroatoms. The van der Waals surface area contributed by atoms with Gasteiger partial charge in [-0.2, -0.15) is 0 Å². The molecular formula is C15H20FNO5. The van der Waals surface area contributed by atoms with Gasteiger partial charge in [-0.15, -0.1) is 0 Å². The number of carboxylic acids is 1. The summed E-state index contributed by atoms with van der Waals surface area (Å²) in [6, 6.07) is 5.58. The molecule has 1 aromatic rings. The van der Waals surface area contributed by atoms with Gasteiger partial charge in [0.05, 0.1) is 6.61 Å². The first kappa shape index (κ1) is 17.9. The first-order chi connectivity index (χ1) is 10.4. The van der Waals surface area contributed by atoms with Gasteiger partial charge in [0.2, 0.25) is 5.72 Å². The van der Waals surface area contributed by atoms with Crippen LogP contribution in [0.3, 0.4) is 0 Å². The van der Waals surface area contributed by atoms with Crippen LogP contribution in [0.1, 0.15) is 31.7 Å². The molecule has 1 rings (SSSR count). The molecule has 1 aromatic carbocycles.